The number of hydrogen-bond acceptors (Lipinski definition) is 2. The fraction of sp³-hybridized carbons (Fsp3) is 0.273. The number of carbonyl (C=O) groups is 2. The van der Waals surface area contributed by atoms with Crippen LogP contribution in [-0.4, -0.2) is 30.3 Å². The van der Waals surface area contributed by atoms with Gasteiger partial charge in [-0.15, -0.1) is 0 Å². The van der Waals surface area contributed by atoms with Crippen molar-refractivity contribution in [2.45, 2.75) is 27.2 Å². The average molecular weight is 350 g/mol. The Balaban J connectivity index is 1.93. The van der Waals surface area contributed by atoms with Crippen LogP contribution in [0.25, 0.3) is 6.08 Å². The number of amides is 2. The van der Waals surface area contributed by atoms with Gasteiger partial charge in [-0.25, -0.2) is 0 Å². The Kier molecular flexibility index (Phi) is 6.73. The van der Waals surface area contributed by atoms with Gasteiger partial charge in [0, 0.05) is 18.8 Å². The molecule has 0 heterocycles. The molecule has 0 aliphatic rings. The van der Waals surface area contributed by atoms with Crippen LogP contribution < -0.4 is 5.32 Å². The lowest BCUT2D eigenvalue weighted by Gasteiger charge is -2.16. The third-order valence-electron chi connectivity index (χ3n) is 4.31. The van der Waals surface area contributed by atoms with Gasteiger partial charge in [-0.2, -0.15) is 0 Å². The van der Waals surface area contributed by atoms with Gasteiger partial charge in [-0.05, 0) is 48.6 Å². The fourth-order valence-corrected chi connectivity index (χ4v) is 2.64. The van der Waals surface area contributed by atoms with Crippen molar-refractivity contribution in [2.24, 2.45) is 0 Å². The van der Waals surface area contributed by atoms with E-state index in [1.165, 1.54) is 16.5 Å². The van der Waals surface area contributed by atoms with E-state index in [4.69, 9.17) is 0 Å². The van der Waals surface area contributed by atoms with E-state index in [0.29, 0.717) is 0 Å². The SMILES string of the molecule is CCc1ccc(C=CC(=O)N(C)CC(=O)Nc2c(C)cccc2C)cc1. The zero-order valence-corrected chi connectivity index (χ0v) is 15.9. The number of benzene rings is 2. The number of nitrogens with one attached hydrogen (secondary N) is 1. The molecule has 26 heavy (non-hydrogen) atoms. The smallest absolute Gasteiger partial charge is 0.246 e. The summed E-state index contributed by atoms with van der Waals surface area (Å²) in [5, 5.41) is 2.89. The van der Waals surface area contributed by atoms with Crippen molar-refractivity contribution in [1.82, 2.24) is 4.90 Å². The molecule has 0 aliphatic carbocycles. The molecule has 2 rings (SSSR count). The molecular formula is C22H26N2O2. The quantitative estimate of drug-likeness (QED) is 0.801. The standard InChI is InChI=1S/C22H26N2O2/c1-5-18-9-11-19(12-10-18)13-14-21(26)24(4)15-20(25)23-22-16(2)7-6-8-17(22)3/h6-14H,5,15H2,1-4H3,(H,23,25). The Hall–Kier alpha value is -2.88. The Labute approximate surface area is 155 Å². The fourth-order valence-electron chi connectivity index (χ4n) is 2.64. The highest BCUT2D eigenvalue weighted by molar-refractivity contribution is 5.98. The van der Waals surface area contributed by atoms with Crippen LogP contribution in [0.3, 0.4) is 0 Å². The minimum atomic E-state index is -0.209. The predicted octanol–water partition coefficient (Wildman–Crippen LogP) is 3.98. The number of aryl methyl sites for hydroxylation is 3. The van der Waals surface area contributed by atoms with Crippen LogP contribution in [0.15, 0.2) is 48.5 Å². The topological polar surface area (TPSA) is 49.4 Å². The summed E-state index contributed by atoms with van der Waals surface area (Å²) in [7, 11) is 1.62. The van der Waals surface area contributed by atoms with Crippen molar-refractivity contribution in [2.75, 3.05) is 18.9 Å². The second-order valence-corrected chi connectivity index (χ2v) is 6.44. The number of carbonyl (C=O) groups excluding carboxylic acids is 2. The molecule has 0 aromatic heterocycles. The molecule has 4 heteroatoms. The second-order valence-electron chi connectivity index (χ2n) is 6.44. The van der Waals surface area contributed by atoms with Gasteiger partial charge < -0.3 is 10.2 Å². The van der Waals surface area contributed by atoms with Crippen LogP contribution in [0.4, 0.5) is 5.69 Å². The molecule has 136 valence electrons. The molecule has 0 saturated heterocycles. The van der Waals surface area contributed by atoms with E-state index in [0.717, 1.165) is 28.8 Å². The van der Waals surface area contributed by atoms with Gasteiger partial charge in [0.25, 0.3) is 0 Å². The molecule has 0 saturated carbocycles. The summed E-state index contributed by atoms with van der Waals surface area (Å²) in [4.78, 5) is 25.9. The van der Waals surface area contributed by atoms with Crippen molar-refractivity contribution in [3.8, 4) is 0 Å². The molecule has 0 unspecified atom stereocenters. The summed E-state index contributed by atoms with van der Waals surface area (Å²) < 4.78 is 0. The van der Waals surface area contributed by atoms with Crippen LogP contribution in [0.5, 0.6) is 0 Å². The molecule has 1 N–H and O–H groups in total. The zero-order chi connectivity index (χ0) is 19.1. The zero-order valence-electron chi connectivity index (χ0n) is 15.9. The van der Waals surface area contributed by atoms with E-state index >= 15 is 0 Å². The van der Waals surface area contributed by atoms with Crippen LogP contribution in [0.1, 0.15) is 29.2 Å². The lowest BCUT2D eigenvalue weighted by Crippen LogP contribution is -2.34. The first-order valence-electron chi connectivity index (χ1n) is 8.79. The van der Waals surface area contributed by atoms with Crippen LogP contribution in [0.2, 0.25) is 0 Å². The molecule has 2 amide bonds. The van der Waals surface area contributed by atoms with E-state index in [9.17, 15) is 9.59 Å². The number of para-hydroxylation sites is 1. The summed E-state index contributed by atoms with van der Waals surface area (Å²) in [5.41, 5.74) is 5.04. The highest BCUT2D eigenvalue weighted by Gasteiger charge is 2.12. The number of nitrogens with zero attached hydrogens (tertiary/aromatic N) is 1. The maximum Gasteiger partial charge on any atom is 0.246 e. The lowest BCUT2D eigenvalue weighted by atomic mass is 10.1. The molecule has 0 spiro atoms. The van der Waals surface area contributed by atoms with Crippen LogP contribution in [0, 0.1) is 13.8 Å². The first-order valence-corrected chi connectivity index (χ1v) is 8.79. The van der Waals surface area contributed by atoms with Crippen LogP contribution >= 0.6 is 0 Å². The van der Waals surface area contributed by atoms with Gasteiger partial charge >= 0.3 is 0 Å². The van der Waals surface area contributed by atoms with Gasteiger partial charge in [0.1, 0.15) is 0 Å². The predicted molar refractivity (Wildman–Crippen MR) is 107 cm³/mol. The van der Waals surface area contributed by atoms with E-state index in [-0.39, 0.29) is 18.4 Å². The van der Waals surface area contributed by atoms with Crippen LogP contribution in [-0.2, 0) is 16.0 Å². The van der Waals surface area contributed by atoms with Gasteiger partial charge in [0.15, 0.2) is 0 Å². The minimum absolute atomic E-state index is 0.00567. The number of likely N-dealkylation sites (N-methyl/N-ethyl adjacent to an activating group) is 1. The van der Waals surface area contributed by atoms with E-state index in [2.05, 4.69) is 12.2 Å². The van der Waals surface area contributed by atoms with E-state index < -0.39 is 0 Å². The molecule has 4 nitrogen and oxygen atoms in total. The first kappa shape index (κ1) is 19.4. The largest absolute Gasteiger partial charge is 0.333 e. The van der Waals surface area contributed by atoms with E-state index in [1.807, 2.05) is 56.3 Å². The number of hydrogen-bond donors (Lipinski definition) is 1. The summed E-state index contributed by atoms with van der Waals surface area (Å²) in [6, 6.07) is 13.9. The third kappa shape index (κ3) is 5.31. The Morgan fingerprint density at radius 3 is 2.23 bits per heavy atom. The number of anilines is 1. The first-order chi connectivity index (χ1) is 12.4. The Bertz CT molecular complexity index is 787. The minimum Gasteiger partial charge on any atom is -0.333 e. The molecule has 0 atom stereocenters. The van der Waals surface area contributed by atoms with Gasteiger partial charge in [-0.1, -0.05) is 49.4 Å². The number of rotatable bonds is 6. The van der Waals surface area contributed by atoms with Crippen molar-refractivity contribution in [3.63, 3.8) is 0 Å². The average Bonchev–Trinajstić information content (AvgIpc) is 2.63. The maximum absolute atomic E-state index is 12.2. The molecule has 2 aromatic carbocycles. The van der Waals surface area contributed by atoms with Gasteiger partial charge in [-0.3, -0.25) is 9.59 Å². The summed E-state index contributed by atoms with van der Waals surface area (Å²) >= 11 is 0. The maximum atomic E-state index is 12.2. The molecule has 2 aromatic rings. The Morgan fingerprint density at radius 1 is 1.04 bits per heavy atom. The molecule has 0 aliphatic heterocycles. The molecular weight excluding hydrogens is 324 g/mol. The van der Waals surface area contributed by atoms with E-state index in [1.54, 1.807) is 13.1 Å². The van der Waals surface area contributed by atoms with Crippen molar-refractivity contribution < 1.29 is 9.59 Å². The highest BCUT2D eigenvalue weighted by Crippen LogP contribution is 2.19. The lowest BCUT2D eigenvalue weighted by molar-refractivity contribution is -0.129. The summed E-state index contributed by atoms with van der Waals surface area (Å²) in [5.74, 6) is -0.417. The normalized spacial score (nSPS) is 10.8. The van der Waals surface area contributed by atoms with Gasteiger partial charge in [0.05, 0.1) is 6.54 Å². The second kappa shape index (κ2) is 8.99. The van der Waals surface area contributed by atoms with Crippen molar-refractivity contribution >= 4 is 23.6 Å². The summed E-state index contributed by atoms with van der Waals surface area (Å²) in [6.07, 6.45) is 4.25. The monoisotopic (exact) mass is 350 g/mol. The van der Waals surface area contributed by atoms with Crippen molar-refractivity contribution in [1.29, 1.82) is 0 Å². The Morgan fingerprint density at radius 2 is 1.65 bits per heavy atom. The highest BCUT2D eigenvalue weighted by atomic mass is 16.2. The summed E-state index contributed by atoms with van der Waals surface area (Å²) in [6.45, 7) is 6.01. The molecule has 0 fully saturated rings. The van der Waals surface area contributed by atoms with Crippen molar-refractivity contribution in [3.05, 3.63) is 70.8 Å². The third-order valence-corrected chi connectivity index (χ3v) is 4.31. The molecule has 0 radical (unpaired) electrons. The van der Waals surface area contributed by atoms with Gasteiger partial charge in [0.2, 0.25) is 11.8 Å². The molecule has 0 bridgehead atoms.